The summed E-state index contributed by atoms with van der Waals surface area (Å²) in [5.74, 6) is 0.597. The number of nitrogens with two attached hydrogens (primary N) is 1. The van der Waals surface area contributed by atoms with Crippen LogP contribution in [0.25, 0.3) is 0 Å². The van der Waals surface area contributed by atoms with Gasteiger partial charge in [0.2, 0.25) is 0 Å². The summed E-state index contributed by atoms with van der Waals surface area (Å²) in [5, 5.41) is 0. The third kappa shape index (κ3) is 4.04. The van der Waals surface area contributed by atoms with Gasteiger partial charge >= 0.3 is 0 Å². The minimum absolute atomic E-state index is 0.597. The van der Waals surface area contributed by atoms with Gasteiger partial charge < -0.3 is 10.6 Å². The van der Waals surface area contributed by atoms with E-state index in [2.05, 4.69) is 51.0 Å². The van der Waals surface area contributed by atoms with Crippen LogP contribution in [0.15, 0.2) is 18.2 Å². The van der Waals surface area contributed by atoms with Crippen molar-refractivity contribution in [1.29, 1.82) is 0 Å². The molecule has 0 heterocycles. The van der Waals surface area contributed by atoms with Gasteiger partial charge in [-0.05, 0) is 48.9 Å². The summed E-state index contributed by atoms with van der Waals surface area (Å²) in [4.78, 5) is 2.20. The minimum atomic E-state index is 0.597. The lowest BCUT2D eigenvalue weighted by molar-refractivity contribution is 0.741. The first-order chi connectivity index (χ1) is 8.06. The number of hydrogen-bond donors (Lipinski definition) is 1. The second kappa shape index (κ2) is 6.65. The average Bonchev–Trinajstić information content (AvgIpc) is 2.28. The molecule has 2 nitrogen and oxygen atoms in total. The van der Waals surface area contributed by atoms with Crippen molar-refractivity contribution in [2.45, 2.75) is 39.0 Å². The van der Waals surface area contributed by atoms with Crippen LogP contribution in [0.4, 0.5) is 5.69 Å². The van der Waals surface area contributed by atoms with E-state index in [1.54, 1.807) is 0 Å². The Hall–Kier alpha value is -1.02. The molecular weight excluding hydrogens is 208 g/mol. The van der Waals surface area contributed by atoms with E-state index in [0.717, 1.165) is 19.4 Å². The Bertz CT molecular complexity index is 343. The molecule has 2 N–H and O–H groups in total. The van der Waals surface area contributed by atoms with Crippen LogP contribution >= 0.6 is 0 Å². The molecule has 0 saturated heterocycles. The standard InChI is InChI=1S/C15H26N2/c1-12(2)13-8-9-15(17(3)4)14(11-13)7-5-6-10-16/h8-9,11-12H,5-7,10,16H2,1-4H3. The van der Waals surface area contributed by atoms with Crippen LogP contribution in [0, 0.1) is 0 Å². The molecule has 0 bridgehead atoms. The fourth-order valence-electron chi connectivity index (χ4n) is 2.06. The molecule has 0 aliphatic rings. The van der Waals surface area contributed by atoms with E-state index in [0.29, 0.717) is 5.92 Å². The van der Waals surface area contributed by atoms with Gasteiger partial charge in [-0.25, -0.2) is 0 Å². The maximum atomic E-state index is 5.56. The van der Waals surface area contributed by atoms with Crippen molar-refractivity contribution >= 4 is 5.69 Å². The van der Waals surface area contributed by atoms with Gasteiger partial charge in [-0.3, -0.25) is 0 Å². The maximum absolute atomic E-state index is 5.56. The Morgan fingerprint density at radius 3 is 2.41 bits per heavy atom. The summed E-state index contributed by atoms with van der Waals surface area (Å²) in [6.45, 7) is 5.28. The van der Waals surface area contributed by atoms with Crippen LogP contribution in [0.2, 0.25) is 0 Å². The van der Waals surface area contributed by atoms with Gasteiger partial charge in [0.15, 0.2) is 0 Å². The van der Waals surface area contributed by atoms with Crippen molar-refractivity contribution in [3.8, 4) is 0 Å². The number of unbranched alkanes of at least 4 members (excludes halogenated alkanes) is 1. The van der Waals surface area contributed by atoms with Gasteiger partial charge in [0.1, 0.15) is 0 Å². The fourth-order valence-corrected chi connectivity index (χ4v) is 2.06. The zero-order chi connectivity index (χ0) is 12.8. The summed E-state index contributed by atoms with van der Waals surface area (Å²) in [6, 6.07) is 6.84. The van der Waals surface area contributed by atoms with Crippen molar-refractivity contribution in [2.24, 2.45) is 5.73 Å². The third-order valence-corrected chi connectivity index (χ3v) is 3.15. The Kier molecular flexibility index (Phi) is 5.49. The molecule has 17 heavy (non-hydrogen) atoms. The van der Waals surface area contributed by atoms with Crippen LogP contribution in [0.5, 0.6) is 0 Å². The molecule has 0 fully saturated rings. The number of rotatable bonds is 6. The average molecular weight is 234 g/mol. The highest BCUT2D eigenvalue weighted by Crippen LogP contribution is 2.25. The van der Waals surface area contributed by atoms with E-state index in [4.69, 9.17) is 5.73 Å². The van der Waals surface area contributed by atoms with E-state index in [-0.39, 0.29) is 0 Å². The maximum Gasteiger partial charge on any atom is 0.0393 e. The van der Waals surface area contributed by atoms with Gasteiger partial charge in [0.05, 0.1) is 0 Å². The second-order valence-electron chi connectivity index (χ2n) is 5.18. The summed E-state index contributed by atoms with van der Waals surface area (Å²) in [6.07, 6.45) is 3.42. The number of aryl methyl sites for hydroxylation is 1. The summed E-state index contributed by atoms with van der Waals surface area (Å²) < 4.78 is 0. The van der Waals surface area contributed by atoms with Gasteiger partial charge in [-0.15, -0.1) is 0 Å². The van der Waals surface area contributed by atoms with Gasteiger partial charge in [0.25, 0.3) is 0 Å². The molecule has 0 spiro atoms. The molecule has 0 atom stereocenters. The van der Waals surface area contributed by atoms with Crippen LogP contribution < -0.4 is 10.6 Å². The lowest BCUT2D eigenvalue weighted by atomic mass is 9.97. The summed E-state index contributed by atoms with van der Waals surface area (Å²) in [5.41, 5.74) is 9.78. The first-order valence-electron chi connectivity index (χ1n) is 6.56. The van der Waals surface area contributed by atoms with E-state index >= 15 is 0 Å². The molecule has 0 amide bonds. The number of hydrogen-bond acceptors (Lipinski definition) is 2. The molecule has 1 aromatic carbocycles. The van der Waals surface area contributed by atoms with Gasteiger partial charge in [-0.2, -0.15) is 0 Å². The lowest BCUT2D eigenvalue weighted by Gasteiger charge is -2.19. The second-order valence-corrected chi connectivity index (χ2v) is 5.18. The van der Waals surface area contributed by atoms with Gasteiger partial charge in [0, 0.05) is 19.8 Å². The molecule has 2 heteroatoms. The van der Waals surface area contributed by atoms with Crippen LogP contribution in [-0.4, -0.2) is 20.6 Å². The topological polar surface area (TPSA) is 29.3 Å². The highest BCUT2D eigenvalue weighted by atomic mass is 15.1. The number of benzene rings is 1. The van der Waals surface area contributed by atoms with E-state index in [1.165, 1.54) is 23.2 Å². The lowest BCUT2D eigenvalue weighted by Crippen LogP contribution is -2.12. The molecule has 0 aromatic heterocycles. The molecular formula is C15H26N2. The molecule has 1 rings (SSSR count). The predicted octanol–water partition coefficient (Wildman–Crippen LogP) is 3.16. The first kappa shape index (κ1) is 14.0. The van der Waals surface area contributed by atoms with Crippen LogP contribution in [0.1, 0.15) is 43.7 Å². The van der Waals surface area contributed by atoms with Crippen molar-refractivity contribution < 1.29 is 0 Å². The van der Waals surface area contributed by atoms with Gasteiger partial charge in [-0.1, -0.05) is 26.0 Å². The largest absolute Gasteiger partial charge is 0.377 e. The SMILES string of the molecule is CC(C)c1ccc(N(C)C)c(CCCCN)c1. The summed E-state index contributed by atoms with van der Waals surface area (Å²) in [7, 11) is 4.22. The molecule has 96 valence electrons. The smallest absolute Gasteiger partial charge is 0.0393 e. The zero-order valence-corrected chi connectivity index (χ0v) is 11.7. The first-order valence-corrected chi connectivity index (χ1v) is 6.56. The number of anilines is 1. The van der Waals surface area contributed by atoms with Crippen molar-refractivity contribution in [1.82, 2.24) is 0 Å². The Morgan fingerprint density at radius 1 is 1.18 bits per heavy atom. The van der Waals surface area contributed by atoms with E-state index in [1.807, 2.05) is 0 Å². The Labute approximate surface area is 106 Å². The highest BCUT2D eigenvalue weighted by molar-refractivity contribution is 5.54. The molecule has 0 saturated carbocycles. The predicted molar refractivity (Wildman–Crippen MR) is 76.9 cm³/mol. The van der Waals surface area contributed by atoms with E-state index in [9.17, 15) is 0 Å². The van der Waals surface area contributed by atoms with Crippen molar-refractivity contribution in [3.63, 3.8) is 0 Å². The monoisotopic (exact) mass is 234 g/mol. The normalized spacial score (nSPS) is 10.9. The quantitative estimate of drug-likeness (QED) is 0.766. The van der Waals surface area contributed by atoms with E-state index < -0.39 is 0 Å². The molecule has 0 radical (unpaired) electrons. The zero-order valence-electron chi connectivity index (χ0n) is 11.7. The minimum Gasteiger partial charge on any atom is -0.377 e. The van der Waals surface area contributed by atoms with Crippen molar-refractivity contribution in [2.75, 3.05) is 25.5 Å². The third-order valence-electron chi connectivity index (χ3n) is 3.15. The van der Waals surface area contributed by atoms with Crippen molar-refractivity contribution in [3.05, 3.63) is 29.3 Å². The molecule has 0 aliphatic heterocycles. The Balaban J connectivity index is 2.90. The molecule has 0 aliphatic carbocycles. The molecule has 1 aromatic rings. The van der Waals surface area contributed by atoms with Crippen LogP contribution in [0.3, 0.4) is 0 Å². The fraction of sp³-hybridized carbons (Fsp3) is 0.600. The van der Waals surface area contributed by atoms with Crippen LogP contribution in [-0.2, 0) is 6.42 Å². The Morgan fingerprint density at radius 2 is 1.88 bits per heavy atom. The highest BCUT2D eigenvalue weighted by Gasteiger charge is 2.07. The summed E-state index contributed by atoms with van der Waals surface area (Å²) >= 11 is 0. The molecule has 0 unspecified atom stereocenters. The number of nitrogens with zero attached hydrogens (tertiary/aromatic N) is 1.